The third-order valence-electron chi connectivity index (χ3n) is 3.64. The molecule has 0 radical (unpaired) electrons. The van der Waals surface area contributed by atoms with Gasteiger partial charge in [0.1, 0.15) is 5.75 Å². The fraction of sp³-hybridized carbons (Fsp3) is 0.333. The van der Waals surface area contributed by atoms with Crippen molar-refractivity contribution in [1.82, 2.24) is 5.32 Å². The molecule has 1 aromatic carbocycles. The van der Waals surface area contributed by atoms with Gasteiger partial charge in [0, 0.05) is 22.7 Å². The molecule has 0 fully saturated rings. The monoisotopic (exact) mass is 348 g/mol. The highest BCUT2D eigenvalue weighted by molar-refractivity contribution is 6.30. The van der Waals surface area contributed by atoms with Crippen LogP contribution in [0.5, 0.6) is 5.75 Å². The van der Waals surface area contributed by atoms with Crippen LogP contribution >= 0.6 is 11.6 Å². The second-order valence-electron chi connectivity index (χ2n) is 5.95. The fourth-order valence-corrected chi connectivity index (χ4v) is 2.73. The van der Waals surface area contributed by atoms with E-state index in [0.29, 0.717) is 27.8 Å². The Bertz CT molecular complexity index is 719. The zero-order valence-electron chi connectivity index (χ0n) is 14.0. The fourth-order valence-electron chi connectivity index (χ4n) is 2.55. The maximum Gasteiger partial charge on any atom is 0.317 e. The van der Waals surface area contributed by atoms with Crippen LogP contribution in [0.1, 0.15) is 42.4 Å². The summed E-state index contributed by atoms with van der Waals surface area (Å²) >= 11 is 6.11. The number of benzene rings is 1. The zero-order chi connectivity index (χ0) is 17.7. The van der Waals surface area contributed by atoms with Gasteiger partial charge in [-0.2, -0.15) is 4.73 Å². The summed E-state index contributed by atoms with van der Waals surface area (Å²) in [5, 5.41) is 15.3. The van der Waals surface area contributed by atoms with Crippen LogP contribution in [-0.2, 0) is 0 Å². The maximum atomic E-state index is 12.5. The molecule has 1 heterocycles. The van der Waals surface area contributed by atoms with Crippen molar-refractivity contribution in [1.29, 1.82) is 0 Å². The van der Waals surface area contributed by atoms with E-state index >= 15 is 0 Å². The predicted molar refractivity (Wildman–Crippen MR) is 93.1 cm³/mol. The zero-order valence-corrected chi connectivity index (χ0v) is 14.7. The summed E-state index contributed by atoms with van der Waals surface area (Å²) in [4.78, 5) is 12.5. The molecule has 0 bridgehead atoms. The van der Waals surface area contributed by atoms with Crippen LogP contribution in [0.3, 0.4) is 0 Å². The van der Waals surface area contributed by atoms with Gasteiger partial charge in [0.25, 0.3) is 5.69 Å². The molecule has 2 rings (SSSR count). The Morgan fingerprint density at radius 2 is 2.08 bits per heavy atom. The van der Waals surface area contributed by atoms with Crippen LogP contribution in [0.25, 0.3) is 0 Å². The molecular formula is C18H21ClN2O3. The van der Waals surface area contributed by atoms with Crippen LogP contribution in [0.4, 0.5) is 0 Å². The topological polar surface area (TPSA) is 65.3 Å². The first-order valence-corrected chi connectivity index (χ1v) is 8.12. The molecule has 1 aromatic heterocycles. The van der Waals surface area contributed by atoms with Crippen LogP contribution < -0.4 is 14.8 Å². The van der Waals surface area contributed by atoms with Crippen molar-refractivity contribution in [2.24, 2.45) is 5.92 Å². The van der Waals surface area contributed by atoms with Crippen LogP contribution in [-0.4, -0.2) is 13.0 Å². The van der Waals surface area contributed by atoms with Gasteiger partial charge >= 0.3 is 5.91 Å². The van der Waals surface area contributed by atoms with Gasteiger partial charge in [0.2, 0.25) is 0 Å². The van der Waals surface area contributed by atoms with E-state index < -0.39 is 5.91 Å². The summed E-state index contributed by atoms with van der Waals surface area (Å²) in [7, 11) is 1.57. The molecule has 0 aliphatic rings. The lowest BCUT2D eigenvalue weighted by Gasteiger charge is -2.23. The highest BCUT2D eigenvalue weighted by atomic mass is 35.5. The van der Waals surface area contributed by atoms with Crippen molar-refractivity contribution in [3.8, 4) is 5.75 Å². The molecule has 1 amide bonds. The summed E-state index contributed by atoms with van der Waals surface area (Å²) < 4.78 is 5.95. The third kappa shape index (κ3) is 4.38. The standard InChI is InChI=1S/C18H21ClN2O3/c1-12(2)10-15(14-11-13(19)7-8-17(14)24-3)20-18(22)16-6-4-5-9-21(16)23/h4-9,11-12,15H,10H2,1-3H3,(H,20,22). The number of nitrogens with zero attached hydrogens (tertiary/aromatic N) is 1. The van der Waals surface area contributed by atoms with E-state index in [0.717, 1.165) is 5.56 Å². The van der Waals surface area contributed by atoms with E-state index in [4.69, 9.17) is 16.3 Å². The van der Waals surface area contributed by atoms with Gasteiger partial charge < -0.3 is 15.3 Å². The number of aromatic nitrogens is 1. The van der Waals surface area contributed by atoms with E-state index in [1.54, 1.807) is 37.4 Å². The minimum Gasteiger partial charge on any atom is -0.618 e. The van der Waals surface area contributed by atoms with Gasteiger partial charge in [-0.05, 0) is 36.6 Å². The second-order valence-corrected chi connectivity index (χ2v) is 6.39. The number of rotatable bonds is 6. The average molecular weight is 349 g/mol. The normalized spacial score (nSPS) is 12.0. The number of carbonyl (C=O) groups is 1. The molecule has 6 heteroatoms. The van der Waals surface area contributed by atoms with Crippen LogP contribution in [0, 0.1) is 11.1 Å². The first-order valence-electron chi connectivity index (χ1n) is 7.75. The first kappa shape index (κ1) is 18.1. The summed E-state index contributed by atoms with van der Waals surface area (Å²) in [6.45, 7) is 4.12. The molecule has 2 aromatic rings. The summed E-state index contributed by atoms with van der Waals surface area (Å²) in [5.74, 6) is 0.542. The van der Waals surface area contributed by atoms with Crippen molar-refractivity contribution < 1.29 is 14.3 Å². The molecule has 0 aliphatic heterocycles. The largest absolute Gasteiger partial charge is 0.618 e. The molecule has 5 nitrogen and oxygen atoms in total. The highest BCUT2D eigenvalue weighted by Gasteiger charge is 2.24. The number of halogens is 1. The number of amides is 1. The minimum atomic E-state index is -0.432. The summed E-state index contributed by atoms with van der Waals surface area (Å²) in [6.07, 6.45) is 1.99. The molecule has 1 atom stereocenters. The lowest BCUT2D eigenvalue weighted by atomic mass is 9.96. The van der Waals surface area contributed by atoms with Gasteiger partial charge in [0.05, 0.1) is 13.2 Å². The van der Waals surface area contributed by atoms with Crippen molar-refractivity contribution in [3.63, 3.8) is 0 Å². The Labute approximate surface area is 146 Å². The first-order chi connectivity index (χ1) is 11.4. The number of nitrogens with one attached hydrogen (secondary N) is 1. The number of ether oxygens (including phenoxy) is 1. The molecule has 0 saturated carbocycles. The number of pyridine rings is 1. The van der Waals surface area contributed by atoms with Crippen LogP contribution in [0.15, 0.2) is 42.6 Å². The summed E-state index contributed by atoms with van der Waals surface area (Å²) in [6, 6.07) is 9.70. The summed E-state index contributed by atoms with van der Waals surface area (Å²) in [5.41, 5.74) is 0.840. The Balaban J connectivity index is 2.34. The van der Waals surface area contributed by atoms with Crippen molar-refractivity contribution in [2.75, 3.05) is 7.11 Å². The third-order valence-corrected chi connectivity index (χ3v) is 3.87. The molecule has 1 unspecified atom stereocenters. The van der Waals surface area contributed by atoms with Crippen LogP contribution in [0.2, 0.25) is 5.02 Å². The number of methoxy groups -OCH3 is 1. The second kappa shape index (κ2) is 8.02. The number of carbonyl (C=O) groups excluding carboxylic acids is 1. The van der Waals surface area contributed by atoms with Gasteiger partial charge in [0.15, 0.2) is 6.20 Å². The average Bonchev–Trinajstić information content (AvgIpc) is 2.54. The number of hydrogen-bond acceptors (Lipinski definition) is 3. The van der Waals surface area contributed by atoms with Gasteiger partial charge in [-0.3, -0.25) is 4.79 Å². The molecule has 0 aliphatic carbocycles. The van der Waals surface area contributed by atoms with Gasteiger partial charge in [-0.1, -0.05) is 25.4 Å². The Morgan fingerprint density at radius 1 is 1.33 bits per heavy atom. The van der Waals surface area contributed by atoms with E-state index in [-0.39, 0.29) is 11.7 Å². The lowest BCUT2D eigenvalue weighted by Crippen LogP contribution is -2.40. The van der Waals surface area contributed by atoms with E-state index in [2.05, 4.69) is 19.2 Å². The van der Waals surface area contributed by atoms with Gasteiger partial charge in [-0.25, -0.2) is 0 Å². The van der Waals surface area contributed by atoms with Crippen molar-refractivity contribution >= 4 is 17.5 Å². The van der Waals surface area contributed by atoms with Gasteiger partial charge in [-0.15, -0.1) is 0 Å². The Kier molecular flexibility index (Phi) is 6.04. The van der Waals surface area contributed by atoms with Crippen molar-refractivity contribution in [3.05, 3.63) is 64.1 Å². The SMILES string of the molecule is COc1ccc(Cl)cc1C(CC(C)C)NC(=O)c1cccc[n+]1[O-]. The Morgan fingerprint density at radius 3 is 2.71 bits per heavy atom. The predicted octanol–water partition coefficient (Wildman–Crippen LogP) is 3.50. The molecular weight excluding hydrogens is 328 g/mol. The van der Waals surface area contributed by atoms with E-state index in [1.807, 2.05) is 0 Å². The van der Waals surface area contributed by atoms with E-state index in [1.165, 1.54) is 12.3 Å². The highest BCUT2D eigenvalue weighted by Crippen LogP contribution is 2.32. The Hall–Kier alpha value is -2.27. The lowest BCUT2D eigenvalue weighted by molar-refractivity contribution is -0.607. The quantitative estimate of drug-likeness (QED) is 0.641. The van der Waals surface area contributed by atoms with Crippen molar-refractivity contribution in [2.45, 2.75) is 26.3 Å². The molecule has 1 N–H and O–H groups in total. The maximum absolute atomic E-state index is 12.5. The molecule has 24 heavy (non-hydrogen) atoms. The van der Waals surface area contributed by atoms with E-state index in [9.17, 15) is 10.0 Å². The molecule has 128 valence electrons. The molecule has 0 spiro atoms. The minimum absolute atomic E-state index is 0.0484. The smallest absolute Gasteiger partial charge is 0.317 e. The molecule has 0 saturated heterocycles. The number of hydrogen-bond donors (Lipinski definition) is 1.